The van der Waals surface area contributed by atoms with Gasteiger partial charge in [0.15, 0.2) is 0 Å². The molecule has 1 aliphatic heterocycles. The molecule has 116 valence electrons. The van der Waals surface area contributed by atoms with E-state index in [9.17, 15) is 4.79 Å². The third kappa shape index (κ3) is 3.50. The van der Waals surface area contributed by atoms with E-state index in [1.807, 2.05) is 35.2 Å². The second-order valence-corrected chi connectivity index (χ2v) is 6.17. The molecule has 5 heteroatoms. The quantitative estimate of drug-likeness (QED) is 0.933. The van der Waals surface area contributed by atoms with Crippen LogP contribution in [0, 0.1) is 0 Å². The van der Waals surface area contributed by atoms with Gasteiger partial charge in [-0.15, -0.1) is 0 Å². The summed E-state index contributed by atoms with van der Waals surface area (Å²) >= 11 is 5.89. The van der Waals surface area contributed by atoms with Gasteiger partial charge in [-0.25, -0.2) is 0 Å². The van der Waals surface area contributed by atoms with Gasteiger partial charge in [0, 0.05) is 24.2 Å². The number of benzene rings is 1. The Morgan fingerprint density at radius 3 is 2.82 bits per heavy atom. The van der Waals surface area contributed by atoms with Gasteiger partial charge in [0.05, 0.1) is 11.7 Å². The zero-order valence-corrected chi connectivity index (χ0v) is 13.2. The lowest BCUT2D eigenvalue weighted by Crippen LogP contribution is -2.38. The summed E-state index contributed by atoms with van der Waals surface area (Å²) in [7, 11) is 0. The van der Waals surface area contributed by atoms with Crippen molar-refractivity contribution >= 4 is 17.5 Å². The number of nitrogens with one attached hydrogen (secondary N) is 1. The monoisotopic (exact) mass is 317 g/mol. The predicted octanol–water partition coefficient (Wildman–Crippen LogP) is 3.75. The maximum atomic E-state index is 12.6. The number of hydrogen-bond acceptors (Lipinski definition) is 2. The number of hydrogen-bond donors (Lipinski definition) is 1. The number of piperidine rings is 1. The summed E-state index contributed by atoms with van der Waals surface area (Å²) in [5, 5.41) is 7.76. The van der Waals surface area contributed by atoms with Crippen LogP contribution in [0.1, 0.15) is 43.0 Å². The molecular weight excluding hydrogens is 298 g/mol. The van der Waals surface area contributed by atoms with Crippen LogP contribution in [0.4, 0.5) is 0 Å². The molecule has 1 saturated heterocycles. The highest BCUT2D eigenvalue weighted by Crippen LogP contribution is 2.30. The van der Waals surface area contributed by atoms with Gasteiger partial charge >= 0.3 is 0 Å². The van der Waals surface area contributed by atoms with Crippen molar-refractivity contribution in [2.24, 2.45) is 0 Å². The zero-order valence-electron chi connectivity index (χ0n) is 12.5. The van der Waals surface area contributed by atoms with Crippen LogP contribution >= 0.6 is 11.6 Å². The molecule has 1 amide bonds. The summed E-state index contributed by atoms with van der Waals surface area (Å²) in [6.45, 7) is 0.836. The van der Waals surface area contributed by atoms with E-state index in [1.54, 1.807) is 6.20 Å². The Kier molecular flexibility index (Phi) is 4.78. The van der Waals surface area contributed by atoms with Crippen molar-refractivity contribution < 1.29 is 4.79 Å². The van der Waals surface area contributed by atoms with Crippen molar-refractivity contribution in [1.29, 1.82) is 0 Å². The molecule has 4 nitrogen and oxygen atoms in total. The fourth-order valence-corrected chi connectivity index (χ4v) is 3.18. The second-order valence-electron chi connectivity index (χ2n) is 5.74. The molecule has 1 aliphatic rings. The smallest absolute Gasteiger partial charge is 0.223 e. The lowest BCUT2D eigenvalue weighted by atomic mass is 9.98. The molecule has 2 aromatic rings. The molecule has 1 N–H and O–H groups in total. The first-order valence-electron chi connectivity index (χ1n) is 7.77. The molecule has 1 aromatic heterocycles. The summed E-state index contributed by atoms with van der Waals surface area (Å²) in [5.74, 6) is 0.217. The van der Waals surface area contributed by atoms with Crippen LogP contribution in [-0.4, -0.2) is 27.5 Å². The molecule has 0 radical (unpaired) electrons. The third-order valence-corrected chi connectivity index (χ3v) is 4.50. The molecule has 2 heterocycles. The molecule has 1 aromatic carbocycles. The maximum Gasteiger partial charge on any atom is 0.223 e. The molecular formula is C17H20ClN3O. The van der Waals surface area contributed by atoms with Crippen LogP contribution in [0.15, 0.2) is 36.5 Å². The molecule has 0 saturated carbocycles. The average Bonchev–Trinajstić information content (AvgIpc) is 3.08. The van der Waals surface area contributed by atoms with Crippen LogP contribution in [0.2, 0.25) is 5.02 Å². The van der Waals surface area contributed by atoms with E-state index in [0.29, 0.717) is 6.42 Å². The van der Waals surface area contributed by atoms with E-state index in [2.05, 4.69) is 10.2 Å². The van der Waals surface area contributed by atoms with E-state index in [-0.39, 0.29) is 11.9 Å². The standard InChI is InChI=1S/C17H20ClN3O/c18-14-7-4-13(5-8-14)6-9-17(22)21-12-2-1-3-16(21)15-10-11-19-20-15/h4-5,7-8,10-11,16H,1-3,6,9,12H2,(H,19,20). The molecule has 3 rings (SSSR count). The number of nitrogens with zero attached hydrogens (tertiary/aromatic N) is 2. The SMILES string of the molecule is O=C(CCc1ccc(Cl)cc1)N1CCCCC1c1ccn[nH]1. The van der Waals surface area contributed by atoms with Crippen LogP contribution in [-0.2, 0) is 11.2 Å². The summed E-state index contributed by atoms with van der Waals surface area (Å²) in [6, 6.07) is 9.82. The Balaban J connectivity index is 1.63. The molecule has 22 heavy (non-hydrogen) atoms. The van der Waals surface area contributed by atoms with E-state index in [4.69, 9.17) is 11.6 Å². The first-order chi connectivity index (χ1) is 10.7. The topological polar surface area (TPSA) is 49.0 Å². The fraction of sp³-hybridized carbons (Fsp3) is 0.412. The van der Waals surface area contributed by atoms with Gasteiger partial charge in [-0.05, 0) is 49.4 Å². The number of halogens is 1. The molecule has 1 unspecified atom stereocenters. The predicted molar refractivity (Wildman–Crippen MR) is 86.7 cm³/mol. The van der Waals surface area contributed by atoms with Crippen molar-refractivity contribution in [3.63, 3.8) is 0 Å². The van der Waals surface area contributed by atoms with E-state index in [0.717, 1.165) is 48.5 Å². The number of likely N-dealkylation sites (tertiary alicyclic amines) is 1. The molecule has 1 atom stereocenters. The van der Waals surface area contributed by atoms with E-state index >= 15 is 0 Å². The highest BCUT2D eigenvalue weighted by molar-refractivity contribution is 6.30. The largest absolute Gasteiger partial charge is 0.334 e. The Morgan fingerprint density at radius 2 is 2.09 bits per heavy atom. The summed E-state index contributed by atoms with van der Waals surface area (Å²) in [4.78, 5) is 14.6. The molecule has 0 spiro atoms. The number of amides is 1. The number of carbonyl (C=O) groups excluding carboxylic acids is 1. The third-order valence-electron chi connectivity index (χ3n) is 4.25. The maximum absolute atomic E-state index is 12.6. The van der Waals surface area contributed by atoms with E-state index < -0.39 is 0 Å². The van der Waals surface area contributed by atoms with Crippen molar-refractivity contribution in [2.75, 3.05) is 6.54 Å². The summed E-state index contributed by atoms with van der Waals surface area (Å²) in [5.41, 5.74) is 2.19. The minimum atomic E-state index is 0.147. The minimum Gasteiger partial charge on any atom is -0.334 e. The Bertz CT molecular complexity index is 609. The van der Waals surface area contributed by atoms with Gasteiger partial charge < -0.3 is 4.90 Å². The normalized spacial score (nSPS) is 18.4. The number of aromatic amines is 1. The Labute approximate surface area is 135 Å². The first-order valence-corrected chi connectivity index (χ1v) is 8.15. The summed E-state index contributed by atoms with van der Waals surface area (Å²) in [6.07, 6.45) is 6.28. The highest BCUT2D eigenvalue weighted by atomic mass is 35.5. The Morgan fingerprint density at radius 1 is 1.27 bits per heavy atom. The lowest BCUT2D eigenvalue weighted by Gasteiger charge is -2.35. The number of aryl methyl sites for hydroxylation is 1. The van der Waals surface area contributed by atoms with Crippen LogP contribution in [0.25, 0.3) is 0 Å². The van der Waals surface area contributed by atoms with Crippen molar-refractivity contribution in [1.82, 2.24) is 15.1 Å². The minimum absolute atomic E-state index is 0.147. The summed E-state index contributed by atoms with van der Waals surface area (Å²) < 4.78 is 0. The Hall–Kier alpha value is -1.81. The number of carbonyl (C=O) groups is 1. The number of aromatic nitrogens is 2. The van der Waals surface area contributed by atoms with Gasteiger partial charge in [0.1, 0.15) is 0 Å². The van der Waals surface area contributed by atoms with Gasteiger partial charge in [0.2, 0.25) is 5.91 Å². The van der Waals surface area contributed by atoms with Gasteiger partial charge in [-0.2, -0.15) is 5.10 Å². The van der Waals surface area contributed by atoms with Crippen LogP contribution < -0.4 is 0 Å². The molecule has 0 bridgehead atoms. The highest BCUT2D eigenvalue weighted by Gasteiger charge is 2.28. The van der Waals surface area contributed by atoms with Gasteiger partial charge in [0.25, 0.3) is 0 Å². The van der Waals surface area contributed by atoms with Crippen LogP contribution in [0.3, 0.4) is 0 Å². The average molecular weight is 318 g/mol. The zero-order chi connectivity index (χ0) is 15.4. The van der Waals surface area contributed by atoms with Crippen LogP contribution in [0.5, 0.6) is 0 Å². The molecule has 0 aliphatic carbocycles. The van der Waals surface area contributed by atoms with Gasteiger partial charge in [-0.3, -0.25) is 9.89 Å². The second kappa shape index (κ2) is 6.97. The fourth-order valence-electron chi connectivity index (χ4n) is 3.05. The number of rotatable bonds is 4. The number of H-pyrrole nitrogens is 1. The lowest BCUT2D eigenvalue weighted by molar-refractivity contribution is -0.135. The van der Waals surface area contributed by atoms with Gasteiger partial charge in [-0.1, -0.05) is 23.7 Å². The van der Waals surface area contributed by atoms with Crippen molar-refractivity contribution in [3.8, 4) is 0 Å². The molecule has 1 fully saturated rings. The van der Waals surface area contributed by atoms with Crippen molar-refractivity contribution in [2.45, 2.75) is 38.1 Å². The first kappa shape index (κ1) is 15.1. The van der Waals surface area contributed by atoms with Crippen molar-refractivity contribution in [3.05, 3.63) is 52.8 Å². The van der Waals surface area contributed by atoms with E-state index in [1.165, 1.54) is 0 Å².